The van der Waals surface area contributed by atoms with Crippen LogP contribution in [0.15, 0.2) is 116 Å². The Morgan fingerprint density at radius 1 is 0.735 bits per heavy atom. The van der Waals surface area contributed by atoms with Gasteiger partial charge in [0.15, 0.2) is 0 Å². The standard InChI is InChI=1S/C23H20N2O.C4H6N2O.ClH/c26-17-22-16-25(18-24-22)23(19-10-4-1-5-11-19,20-12-6-2-7-13-20)21-14-8-3-9-15-21;7-2-4-1-5-3-6-4;/h1-16,18,26H,17H2;1,3,7H,2H2,(H,5,6);1H. The minimum absolute atomic E-state index is 0. The molecule has 0 saturated carbocycles. The van der Waals surface area contributed by atoms with Crippen LogP contribution in [0.4, 0.5) is 0 Å². The van der Waals surface area contributed by atoms with Gasteiger partial charge in [0.2, 0.25) is 0 Å². The van der Waals surface area contributed by atoms with Crippen LogP contribution >= 0.6 is 12.4 Å². The lowest BCUT2D eigenvalue weighted by Crippen LogP contribution is -2.36. The molecule has 3 N–H and O–H groups in total. The SMILES string of the molecule is Cl.OCc1cn(C(c2ccccc2)(c2ccccc2)c2ccccc2)cn1.OCc1cnc[nH]1. The molecule has 174 valence electrons. The topological polar surface area (TPSA) is 87.0 Å². The maximum absolute atomic E-state index is 9.55. The molecule has 5 aromatic rings. The summed E-state index contributed by atoms with van der Waals surface area (Å²) in [6.07, 6.45) is 6.84. The molecule has 5 rings (SSSR count). The predicted octanol–water partition coefficient (Wildman–Crippen LogP) is 4.54. The van der Waals surface area contributed by atoms with Crippen LogP contribution in [0.5, 0.6) is 0 Å². The van der Waals surface area contributed by atoms with Crippen molar-refractivity contribution in [3.05, 3.63) is 144 Å². The largest absolute Gasteiger partial charge is 0.390 e. The third kappa shape index (κ3) is 5.10. The van der Waals surface area contributed by atoms with Crippen molar-refractivity contribution in [1.82, 2.24) is 19.5 Å². The van der Waals surface area contributed by atoms with Crippen molar-refractivity contribution in [2.45, 2.75) is 18.8 Å². The summed E-state index contributed by atoms with van der Waals surface area (Å²) in [5.74, 6) is 0. The Bertz CT molecular complexity index is 1130. The van der Waals surface area contributed by atoms with E-state index >= 15 is 0 Å². The zero-order valence-electron chi connectivity index (χ0n) is 18.5. The van der Waals surface area contributed by atoms with Gasteiger partial charge in [-0.25, -0.2) is 9.97 Å². The van der Waals surface area contributed by atoms with Gasteiger partial charge in [-0.15, -0.1) is 12.4 Å². The van der Waals surface area contributed by atoms with Crippen molar-refractivity contribution in [2.24, 2.45) is 0 Å². The molecule has 6 nitrogen and oxygen atoms in total. The van der Waals surface area contributed by atoms with E-state index in [1.54, 1.807) is 12.5 Å². The molecule has 0 radical (unpaired) electrons. The van der Waals surface area contributed by atoms with Crippen LogP contribution in [-0.2, 0) is 18.8 Å². The van der Waals surface area contributed by atoms with E-state index < -0.39 is 5.54 Å². The van der Waals surface area contributed by atoms with Crippen LogP contribution in [0.1, 0.15) is 28.1 Å². The number of hydrogen-bond acceptors (Lipinski definition) is 4. The first kappa shape index (κ1) is 24.9. The Hall–Kier alpha value is -3.71. The third-order valence-electron chi connectivity index (χ3n) is 5.49. The number of halogens is 1. The van der Waals surface area contributed by atoms with Crippen LogP contribution < -0.4 is 0 Å². The van der Waals surface area contributed by atoms with Crippen LogP contribution in [0.2, 0.25) is 0 Å². The van der Waals surface area contributed by atoms with Gasteiger partial charge in [-0.05, 0) is 16.7 Å². The van der Waals surface area contributed by atoms with Crippen LogP contribution in [-0.4, -0.2) is 29.7 Å². The van der Waals surface area contributed by atoms with E-state index in [9.17, 15) is 5.11 Å². The van der Waals surface area contributed by atoms with Crippen LogP contribution in [0.3, 0.4) is 0 Å². The molecule has 0 amide bonds. The molecule has 0 fully saturated rings. The zero-order valence-corrected chi connectivity index (χ0v) is 19.3. The fourth-order valence-electron chi connectivity index (χ4n) is 3.99. The predicted molar refractivity (Wildman–Crippen MR) is 135 cm³/mol. The number of aromatic nitrogens is 4. The van der Waals surface area contributed by atoms with Crippen molar-refractivity contribution in [3.8, 4) is 0 Å². The number of aliphatic hydroxyl groups excluding tert-OH is 2. The summed E-state index contributed by atoms with van der Waals surface area (Å²) in [6.45, 7) is -0.0402. The first-order chi connectivity index (χ1) is 16.3. The molecule has 2 aromatic heterocycles. The fourth-order valence-corrected chi connectivity index (χ4v) is 3.99. The van der Waals surface area contributed by atoms with Gasteiger partial charge in [-0.3, -0.25) is 0 Å². The molecular formula is C27H27ClN4O2. The molecule has 0 aliphatic heterocycles. The lowest BCUT2D eigenvalue weighted by Gasteiger charge is -2.37. The molecule has 34 heavy (non-hydrogen) atoms. The highest BCUT2D eigenvalue weighted by Gasteiger charge is 2.38. The number of nitrogens with zero attached hydrogens (tertiary/aromatic N) is 3. The molecule has 7 heteroatoms. The Labute approximate surface area is 205 Å². The molecule has 0 bridgehead atoms. The highest BCUT2D eigenvalue weighted by molar-refractivity contribution is 5.85. The van der Waals surface area contributed by atoms with Gasteiger partial charge < -0.3 is 19.8 Å². The van der Waals surface area contributed by atoms with Gasteiger partial charge >= 0.3 is 0 Å². The number of benzene rings is 3. The average Bonchev–Trinajstić information content (AvgIpc) is 3.60. The van der Waals surface area contributed by atoms with E-state index in [4.69, 9.17) is 5.11 Å². The maximum atomic E-state index is 9.55. The number of hydrogen-bond donors (Lipinski definition) is 3. The molecule has 0 unspecified atom stereocenters. The smallest absolute Gasteiger partial charge is 0.121 e. The summed E-state index contributed by atoms with van der Waals surface area (Å²) >= 11 is 0. The fraction of sp³-hybridized carbons (Fsp3) is 0.111. The second kappa shape index (κ2) is 12.0. The molecule has 0 saturated heterocycles. The minimum atomic E-state index is -0.565. The summed E-state index contributed by atoms with van der Waals surface area (Å²) in [5, 5.41) is 17.9. The van der Waals surface area contributed by atoms with Crippen LogP contribution in [0.25, 0.3) is 0 Å². The van der Waals surface area contributed by atoms with Gasteiger partial charge in [0.1, 0.15) is 5.54 Å². The zero-order chi connectivity index (χ0) is 22.9. The first-order valence-corrected chi connectivity index (χ1v) is 10.7. The Morgan fingerprint density at radius 2 is 1.24 bits per heavy atom. The van der Waals surface area contributed by atoms with Gasteiger partial charge in [0.05, 0.1) is 43.5 Å². The van der Waals surface area contributed by atoms with E-state index in [-0.39, 0.29) is 25.6 Å². The molecule has 0 aliphatic rings. The molecular weight excluding hydrogens is 448 g/mol. The first-order valence-electron chi connectivity index (χ1n) is 10.7. The number of imidazole rings is 2. The second-order valence-electron chi connectivity index (χ2n) is 7.47. The van der Waals surface area contributed by atoms with Crippen LogP contribution in [0, 0.1) is 0 Å². The molecule has 0 aliphatic carbocycles. The van der Waals surface area contributed by atoms with Crippen molar-refractivity contribution >= 4 is 12.4 Å². The van der Waals surface area contributed by atoms with E-state index in [0.29, 0.717) is 5.69 Å². The lowest BCUT2D eigenvalue weighted by molar-refractivity contribution is 0.277. The highest BCUT2D eigenvalue weighted by atomic mass is 35.5. The molecule has 0 atom stereocenters. The number of aromatic amines is 1. The molecule has 3 aromatic carbocycles. The van der Waals surface area contributed by atoms with Crippen molar-refractivity contribution < 1.29 is 10.2 Å². The quantitative estimate of drug-likeness (QED) is 0.315. The number of H-pyrrole nitrogens is 1. The normalized spacial score (nSPS) is 10.6. The van der Waals surface area contributed by atoms with Gasteiger partial charge in [-0.1, -0.05) is 91.0 Å². The second-order valence-corrected chi connectivity index (χ2v) is 7.47. The van der Waals surface area contributed by atoms with E-state index in [1.807, 2.05) is 24.4 Å². The number of aliphatic hydroxyl groups is 2. The monoisotopic (exact) mass is 474 g/mol. The van der Waals surface area contributed by atoms with Crippen molar-refractivity contribution in [3.63, 3.8) is 0 Å². The lowest BCUT2D eigenvalue weighted by atomic mass is 9.77. The molecule has 0 spiro atoms. The van der Waals surface area contributed by atoms with Gasteiger partial charge in [0.25, 0.3) is 0 Å². The van der Waals surface area contributed by atoms with Gasteiger partial charge in [-0.2, -0.15) is 0 Å². The van der Waals surface area contributed by atoms with E-state index in [0.717, 1.165) is 22.4 Å². The van der Waals surface area contributed by atoms with Crippen molar-refractivity contribution in [2.75, 3.05) is 0 Å². The maximum Gasteiger partial charge on any atom is 0.121 e. The van der Waals surface area contributed by atoms with E-state index in [1.165, 1.54) is 6.33 Å². The minimum Gasteiger partial charge on any atom is -0.390 e. The Balaban J connectivity index is 0.000000350. The van der Waals surface area contributed by atoms with Crippen molar-refractivity contribution in [1.29, 1.82) is 0 Å². The Kier molecular flexibility index (Phi) is 8.76. The summed E-state index contributed by atoms with van der Waals surface area (Å²) in [5.41, 5.74) is 4.25. The average molecular weight is 475 g/mol. The van der Waals surface area contributed by atoms with E-state index in [2.05, 4.69) is 92.3 Å². The highest BCUT2D eigenvalue weighted by Crippen LogP contribution is 2.40. The Morgan fingerprint density at radius 3 is 1.56 bits per heavy atom. The number of nitrogens with one attached hydrogen (secondary N) is 1. The summed E-state index contributed by atoms with van der Waals surface area (Å²) in [7, 11) is 0. The van der Waals surface area contributed by atoms with Gasteiger partial charge in [0, 0.05) is 6.20 Å². The number of rotatable bonds is 6. The summed E-state index contributed by atoms with van der Waals surface area (Å²) in [4.78, 5) is 10.8. The summed E-state index contributed by atoms with van der Waals surface area (Å²) < 4.78 is 2.10. The third-order valence-corrected chi connectivity index (χ3v) is 5.49. The molecule has 2 heterocycles. The summed E-state index contributed by atoms with van der Waals surface area (Å²) in [6, 6.07) is 31.2.